The van der Waals surface area contributed by atoms with E-state index in [1.54, 1.807) is 0 Å². The Morgan fingerprint density at radius 3 is 0.987 bits per heavy atom. The largest absolute Gasteiger partial charge is 1.00 e. The molecule has 0 N–H and O–H groups in total. The van der Waals surface area contributed by atoms with Crippen molar-refractivity contribution in [2.75, 3.05) is 0 Å². The zero-order valence-electron chi connectivity index (χ0n) is 36.5. The average Bonchev–Trinajstić information content (AvgIpc) is 3.38. The Labute approximate surface area is 431 Å². The van der Waals surface area contributed by atoms with Crippen molar-refractivity contribution < 1.29 is 132 Å². The molecule has 8 aromatic carbocycles. The van der Waals surface area contributed by atoms with Gasteiger partial charge >= 0.3 is 29.6 Å². The van der Waals surface area contributed by atoms with Crippen LogP contribution in [0.5, 0.6) is 46.0 Å². The molecule has 0 amide bonds. The molecule has 376 valence electrons. The van der Waals surface area contributed by atoms with E-state index in [0.717, 1.165) is 30.3 Å². The van der Waals surface area contributed by atoms with Gasteiger partial charge in [0, 0.05) is 11.1 Å². The SMILES string of the molecule is C#Cc1cccc(Oc2c(F)c(F)c(-c3c(F)c(F)c(Oc4ccc5cc(S(=O)(=O)[O-])c(Oc6c(F)c(F)c(-c7c(F)c(F)c(Oc8cccc(C#C)c8)c(F)c7F)c(F)c6F)cc5c4)c(F)c3F)c(F)c2F)c1.[Na+]. The number of hydrogen-bond acceptors (Lipinski definition) is 7. The molecule has 0 aliphatic carbocycles. The Kier molecular flexibility index (Phi) is 15.2. The average molecular weight is 1090 g/mol. The minimum Gasteiger partial charge on any atom is -0.744 e. The normalized spacial score (nSPS) is 11.2. The number of halogens is 16. The minimum atomic E-state index is -5.87. The summed E-state index contributed by atoms with van der Waals surface area (Å²) >= 11 is 0. The Morgan fingerprint density at radius 1 is 0.373 bits per heavy atom. The van der Waals surface area contributed by atoms with E-state index in [4.69, 9.17) is 31.8 Å². The summed E-state index contributed by atoms with van der Waals surface area (Å²) in [6.45, 7) is 0. The van der Waals surface area contributed by atoms with Gasteiger partial charge in [0.2, 0.25) is 69.5 Å². The molecule has 0 spiro atoms. The van der Waals surface area contributed by atoms with Crippen molar-refractivity contribution >= 4 is 20.9 Å². The van der Waals surface area contributed by atoms with E-state index in [1.807, 2.05) is 0 Å². The molecule has 0 radical (unpaired) electrons. The molecular formula is C50H15F16NaO7S. The van der Waals surface area contributed by atoms with Gasteiger partial charge in [-0.25, -0.2) is 43.5 Å². The van der Waals surface area contributed by atoms with Crippen molar-refractivity contribution in [3.8, 4) is 92.9 Å². The Hall–Kier alpha value is -7.87. The second-order valence-electron chi connectivity index (χ2n) is 14.9. The monoisotopic (exact) mass is 1090 g/mol. The Balaban J connectivity index is 0.00000820. The predicted molar refractivity (Wildman–Crippen MR) is 224 cm³/mol. The van der Waals surface area contributed by atoms with Crippen LogP contribution < -0.4 is 48.5 Å². The number of fused-ring (bicyclic) bond motifs is 1. The maximum Gasteiger partial charge on any atom is 1.00 e. The van der Waals surface area contributed by atoms with Crippen LogP contribution >= 0.6 is 0 Å². The van der Waals surface area contributed by atoms with Crippen LogP contribution in [0.15, 0.2) is 83.8 Å². The van der Waals surface area contributed by atoms with Crippen molar-refractivity contribution in [1.29, 1.82) is 0 Å². The first-order chi connectivity index (χ1) is 34.9. The van der Waals surface area contributed by atoms with Crippen LogP contribution in [-0.2, 0) is 10.1 Å². The molecule has 0 fully saturated rings. The predicted octanol–water partition coefficient (Wildman–Crippen LogP) is 11.4. The van der Waals surface area contributed by atoms with E-state index >= 15 is 70.2 Å². The maximum atomic E-state index is 15.7. The molecule has 75 heavy (non-hydrogen) atoms. The van der Waals surface area contributed by atoms with E-state index in [0.29, 0.717) is 24.3 Å². The third kappa shape index (κ3) is 9.74. The second kappa shape index (κ2) is 20.8. The van der Waals surface area contributed by atoms with E-state index in [-0.39, 0.29) is 40.7 Å². The van der Waals surface area contributed by atoms with Crippen molar-refractivity contribution in [2.45, 2.75) is 4.90 Å². The number of hydrogen-bond donors (Lipinski definition) is 0. The quantitative estimate of drug-likeness (QED) is 0.0419. The molecule has 0 heterocycles. The summed E-state index contributed by atoms with van der Waals surface area (Å²) in [5.41, 5.74) is -9.35. The summed E-state index contributed by atoms with van der Waals surface area (Å²) in [5, 5.41) is -1.02. The molecule has 8 rings (SSSR count). The Bertz CT molecular complexity index is 3840. The van der Waals surface area contributed by atoms with Crippen molar-refractivity contribution in [3.63, 3.8) is 0 Å². The van der Waals surface area contributed by atoms with Crippen molar-refractivity contribution in [2.24, 2.45) is 0 Å². The molecule has 0 atom stereocenters. The first-order valence-electron chi connectivity index (χ1n) is 19.7. The van der Waals surface area contributed by atoms with Crippen LogP contribution in [0.4, 0.5) is 70.2 Å². The first-order valence-corrected chi connectivity index (χ1v) is 21.1. The summed E-state index contributed by atoms with van der Waals surface area (Å²) in [5.74, 6) is -49.5. The maximum absolute atomic E-state index is 15.7. The summed E-state index contributed by atoms with van der Waals surface area (Å²) in [7, 11) is -5.87. The molecular weight excluding hydrogens is 1070 g/mol. The van der Waals surface area contributed by atoms with Crippen LogP contribution in [0.2, 0.25) is 0 Å². The third-order valence-corrected chi connectivity index (χ3v) is 11.3. The van der Waals surface area contributed by atoms with Crippen LogP contribution in [-0.4, -0.2) is 13.0 Å². The zero-order valence-corrected chi connectivity index (χ0v) is 39.3. The van der Waals surface area contributed by atoms with Gasteiger partial charge in [-0.2, -0.15) is 35.1 Å². The van der Waals surface area contributed by atoms with Gasteiger partial charge in [0.05, 0.1) is 27.1 Å². The summed E-state index contributed by atoms with van der Waals surface area (Å²) in [6, 6.07) is 11.7. The van der Waals surface area contributed by atoms with Gasteiger partial charge in [0.1, 0.15) is 33.1 Å². The fourth-order valence-electron chi connectivity index (χ4n) is 7.02. The third-order valence-electron chi connectivity index (χ3n) is 10.4. The van der Waals surface area contributed by atoms with Gasteiger partial charge in [0.15, 0.2) is 46.5 Å². The van der Waals surface area contributed by atoms with Crippen LogP contribution in [0.25, 0.3) is 33.0 Å². The van der Waals surface area contributed by atoms with Crippen molar-refractivity contribution in [3.05, 3.63) is 183 Å². The molecule has 0 aromatic heterocycles. The zero-order chi connectivity index (χ0) is 54.0. The van der Waals surface area contributed by atoms with E-state index in [9.17, 15) is 13.0 Å². The smallest absolute Gasteiger partial charge is 0.744 e. The summed E-state index contributed by atoms with van der Waals surface area (Å²) in [4.78, 5) is -1.58. The molecule has 0 saturated carbocycles. The van der Waals surface area contributed by atoms with Crippen molar-refractivity contribution in [1.82, 2.24) is 0 Å². The number of benzene rings is 8. The van der Waals surface area contributed by atoms with Crippen LogP contribution in [0.3, 0.4) is 0 Å². The van der Waals surface area contributed by atoms with Gasteiger partial charge in [-0.3, -0.25) is 0 Å². The fraction of sp³-hybridized carbons (Fsp3) is 0. The molecule has 0 aliphatic heterocycles. The number of rotatable bonds is 11. The van der Waals surface area contributed by atoms with Gasteiger partial charge in [-0.05, 0) is 71.4 Å². The van der Waals surface area contributed by atoms with Crippen LogP contribution in [0, 0.1) is 118 Å². The molecule has 0 unspecified atom stereocenters. The van der Waals surface area contributed by atoms with E-state index in [2.05, 4.69) is 11.8 Å². The molecule has 0 bridgehead atoms. The topological polar surface area (TPSA) is 94.1 Å². The van der Waals surface area contributed by atoms with Gasteiger partial charge in [-0.1, -0.05) is 30.0 Å². The van der Waals surface area contributed by atoms with Gasteiger partial charge in [-0.15, -0.1) is 12.8 Å². The van der Waals surface area contributed by atoms with Gasteiger partial charge in [0.25, 0.3) is 0 Å². The molecule has 8 aromatic rings. The molecule has 0 saturated heterocycles. The molecule has 25 heteroatoms. The minimum absolute atomic E-state index is 0. The summed E-state index contributed by atoms with van der Waals surface area (Å²) < 4.78 is 303. The molecule has 0 aliphatic rings. The number of ether oxygens (including phenoxy) is 4. The first kappa shape index (κ1) is 54.9. The fourth-order valence-corrected chi connectivity index (χ4v) is 7.64. The van der Waals surface area contributed by atoms with E-state index in [1.165, 1.54) is 24.3 Å². The van der Waals surface area contributed by atoms with Gasteiger partial charge < -0.3 is 23.5 Å². The van der Waals surface area contributed by atoms with Crippen LogP contribution in [0.1, 0.15) is 11.1 Å². The standard InChI is InChI=1S/C50H16F16O7S.Na/c1-3-18-7-5-9-22(13-18)70-47-39(59)31(51)27(32(52)40(47)60)28-35(55)43(63)49(44(64)36(28)56)72-24-12-11-20-17-26(74(67,68)69)25(16-21(20)15-24)73-50-45(65)37(57)30(38(58)46(50)66)29-33(53)41(61)48(42(62)34(29)54)71-23-10-6-8-19(4-2)14-23;/h1-2,5-17H,(H,67,68,69);/q;+1/p-1. The van der Waals surface area contributed by atoms with E-state index < -0.39 is 187 Å². The second-order valence-corrected chi connectivity index (χ2v) is 16.2. The number of terminal acetylenes is 2. The Morgan fingerprint density at radius 2 is 0.680 bits per heavy atom. The molecule has 7 nitrogen and oxygen atoms in total. The summed E-state index contributed by atoms with van der Waals surface area (Å²) in [6.07, 6.45) is 10.4.